The minimum Gasteiger partial charge on any atom is -0.495 e. The number of nitrogens with one attached hydrogen (secondary N) is 1. The lowest BCUT2D eigenvalue weighted by atomic mass is 10.2. The molecule has 1 aromatic heterocycles. The number of rotatable bonds is 4. The second-order valence-electron chi connectivity index (χ2n) is 3.81. The van der Waals surface area contributed by atoms with E-state index in [0.717, 1.165) is 17.7 Å². The quantitative estimate of drug-likeness (QED) is 0.863. The lowest BCUT2D eigenvalue weighted by Gasteiger charge is -2.13. The summed E-state index contributed by atoms with van der Waals surface area (Å²) in [5.74, 6) is 1.34. The topological polar surface area (TPSA) is 47.0 Å². The molecule has 6 heteroatoms. The van der Waals surface area contributed by atoms with Gasteiger partial charge in [0.1, 0.15) is 23.0 Å². The Balaban J connectivity index is 2.41. The second kappa shape index (κ2) is 6.08. The van der Waals surface area contributed by atoms with Gasteiger partial charge in [-0.1, -0.05) is 30.1 Å². The Bertz CT molecular complexity index is 590. The number of halogens is 2. The van der Waals surface area contributed by atoms with Crippen LogP contribution in [0.4, 0.5) is 11.5 Å². The summed E-state index contributed by atoms with van der Waals surface area (Å²) >= 11 is 12.0. The van der Waals surface area contributed by atoms with Gasteiger partial charge in [-0.25, -0.2) is 9.97 Å². The predicted molar refractivity (Wildman–Crippen MR) is 77.7 cm³/mol. The first kappa shape index (κ1) is 13.9. The van der Waals surface area contributed by atoms with Crippen molar-refractivity contribution in [1.29, 1.82) is 0 Å². The summed E-state index contributed by atoms with van der Waals surface area (Å²) < 4.78 is 5.28. The molecule has 0 aliphatic rings. The zero-order valence-electron chi connectivity index (χ0n) is 10.6. The average molecular weight is 298 g/mol. The highest BCUT2D eigenvalue weighted by molar-refractivity contribution is 6.31. The molecule has 1 N–H and O–H groups in total. The molecule has 0 radical (unpaired) electrons. The minimum absolute atomic E-state index is 0.445. The molecule has 0 fully saturated rings. The maximum atomic E-state index is 6.05. The van der Waals surface area contributed by atoms with Crippen LogP contribution in [0, 0.1) is 0 Å². The van der Waals surface area contributed by atoms with E-state index in [2.05, 4.69) is 15.3 Å². The molecule has 0 bridgehead atoms. The van der Waals surface area contributed by atoms with Crippen LogP contribution in [0.25, 0.3) is 0 Å². The number of methoxy groups -OCH3 is 1. The Labute approximate surface area is 121 Å². The van der Waals surface area contributed by atoms with Crippen LogP contribution in [0.2, 0.25) is 10.2 Å². The van der Waals surface area contributed by atoms with Crippen LogP contribution in [0.3, 0.4) is 0 Å². The molecule has 0 spiro atoms. The van der Waals surface area contributed by atoms with E-state index < -0.39 is 0 Å². The van der Waals surface area contributed by atoms with Crippen LogP contribution >= 0.6 is 23.2 Å². The van der Waals surface area contributed by atoms with Gasteiger partial charge in [0.05, 0.1) is 12.8 Å². The fourth-order valence-electron chi connectivity index (χ4n) is 1.72. The Hall–Kier alpha value is -1.52. The third kappa shape index (κ3) is 3.08. The molecular weight excluding hydrogens is 285 g/mol. The molecule has 0 saturated heterocycles. The van der Waals surface area contributed by atoms with E-state index in [1.807, 2.05) is 6.92 Å². The maximum absolute atomic E-state index is 6.05. The Morgan fingerprint density at radius 3 is 2.74 bits per heavy atom. The Morgan fingerprint density at radius 1 is 1.26 bits per heavy atom. The van der Waals surface area contributed by atoms with Gasteiger partial charge in [0.15, 0.2) is 0 Å². The first-order valence-electron chi connectivity index (χ1n) is 5.75. The summed E-state index contributed by atoms with van der Waals surface area (Å²) in [6, 6.07) is 5.33. The molecular formula is C13H13Cl2N3O. The normalized spacial score (nSPS) is 10.3. The molecule has 2 aromatic rings. The number of hydrogen-bond donors (Lipinski definition) is 1. The molecule has 4 nitrogen and oxygen atoms in total. The molecule has 100 valence electrons. The molecule has 19 heavy (non-hydrogen) atoms. The van der Waals surface area contributed by atoms with Crippen molar-refractivity contribution in [2.45, 2.75) is 13.3 Å². The van der Waals surface area contributed by atoms with Crippen molar-refractivity contribution in [2.75, 3.05) is 12.4 Å². The zero-order valence-corrected chi connectivity index (χ0v) is 12.1. The van der Waals surface area contributed by atoms with E-state index in [0.29, 0.717) is 21.7 Å². The molecule has 0 unspecified atom stereocenters. The van der Waals surface area contributed by atoms with Crippen LogP contribution < -0.4 is 10.1 Å². The SMILES string of the molecule is CCc1c(Cl)ncnc1Nc1cc(Cl)ccc1OC. The van der Waals surface area contributed by atoms with Crippen molar-refractivity contribution in [1.82, 2.24) is 9.97 Å². The zero-order chi connectivity index (χ0) is 13.8. The van der Waals surface area contributed by atoms with Crippen LogP contribution in [0.15, 0.2) is 24.5 Å². The summed E-state index contributed by atoms with van der Waals surface area (Å²) in [4.78, 5) is 8.17. The van der Waals surface area contributed by atoms with Crippen LogP contribution in [0.5, 0.6) is 5.75 Å². The average Bonchev–Trinajstić information content (AvgIpc) is 2.39. The van der Waals surface area contributed by atoms with Gasteiger partial charge in [0.25, 0.3) is 0 Å². The molecule has 0 aliphatic carbocycles. The third-order valence-electron chi connectivity index (χ3n) is 2.66. The summed E-state index contributed by atoms with van der Waals surface area (Å²) in [6.07, 6.45) is 2.14. The molecule has 2 rings (SSSR count). The van der Waals surface area contributed by atoms with Crippen LogP contribution in [-0.2, 0) is 6.42 Å². The lowest BCUT2D eigenvalue weighted by molar-refractivity contribution is 0.417. The largest absolute Gasteiger partial charge is 0.495 e. The fourth-order valence-corrected chi connectivity index (χ4v) is 2.16. The standard InChI is InChI=1S/C13H13Cl2N3O/c1-3-9-12(15)16-7-17-13(9)18-10-6-8(14)4-5-11(10)19-2/h4-7H,3H2,1-2H3,(H,16,17,18). The van der Waals surface area contributed by atoms with Crippen molar-refractivity contribution >= 4 is 34.7 Å². The third-order valence-corrected chi connectivity index (χ3v) is 3.22. The van der Waals surface area contributed by atoms with Gasteiger partial charge in [0, 0.05) is 10.6 Å². The summed E-state index contributed by atoms with van der Waals surface area (Å²) in [5, 5.41) is 4.24. The molecule has 1 aromatic carbocycles. The van der Waals surface area contributed by atoms with Gasteiger partial charge in [0.2, 0.25) is 0 Å². The monoisotopic (exact) mass is 297 g/mol. The Kier molecular flexibility index (Phi) is 4.45. The van der Waals surface area contributed by atoms with Gasteiger partial charge < -0.3 is 10.1 Å². The van der Waals surface area contributed by atoms with E-state index >= 15 is 0 Å². The fraction of sp³-hybridized carbons (Fsp3) is 0.231. The summed E-state index contributed by atoms with van der Waals surface area (Å²) in [7, 11) is 1.60. The number of anilines is 2. The number of nitrogens with zero attached hydrogens (tertiary/aromatic N) is 2. The molecule has 0 saturated carbocycles. The van der Waals surface area contributed by atoms with Gasteiger partial charge in [-0.15, -0.1) is 0 Å². The van der Waals surface area contributed by atoms with E-state index in [-0.39, 0.29) is 0 Å². The minimum atomic E-state index is 0.445. The van der Waals surface area contributed by atoms with Gasteiger partial charge in [-0.3, -0.25) is 0 Å². The van der Waals surface area contributed by atoms with E-state index in [1.165, 1.54) is 6.33 Å². The van der Waals surface area contributed by atoms with E-state index in [4.69, 9.17) is 27.9 Å². The number of benzene rings is 1. The first-order chi connectivity index (χ1) is 9.15. The van der Waals surface area contributed by atoms with Crippen LogP contribution in [0.1, 0.15) is 12.5 Å². The van der Waals surface area contributed by atoms with E-state index in [9.17, 15) is 0 Å². The van der Waals surface area contributed by atoms with Crippen molar-refractivity contribution < 1.29 is 4.74 Å². The summed E-state index contributed by atoms with van der Waals surface area (Å²) in [6.45, 7) is 1.99. The van der Waals surface area contributed by atoms with Gasteiger partial charge in [-0.2, -0.15) is 0 Å². The highest BCUT2D eigenvalue weighted by atomic mass is 35.5. The number of hydrogen-bond acceptors (Lipinski definition) is 4. The first-order valence-corrected chi connectivity index (χ1v) is 6.51. The smallest absolute Gasteiger partial charge is 0.142 e. The maximum Gasteiger partial charge on any atom is 0.142 e. The van der Waals surface area contributed by atoms with Crippen molar-refractivity contribution in [3.8, 4) is 5.75 Å². The number of ether oxygens (including phenoxy) is 1. The summed E-state index contributed by atoms with van der Waals surface area (Å²) in [5.41, 5.74) is 1.59. The van der Waals surface area contributed by atoms with Gasteiger partial charge in [-0.05, 0) is 24.6 Å². The molecule has 1 heterocycles. The Morgan fingerprint density at radius 2 is 2.05 bits per heavy atom. The molecule has 0 aliphatic heterocycles. The highest BCUT2D eigenvalue weighted by Gasteiger charge is 2.11. The number of aromatic nitrogens is 2. The van der Waals surface area contributed by atoms with Crippen molar-refractivity contribution in [2.24, 2.45) is 0 Å². The van der Waals surface area contributed by atoms with Crippen molar-refractivity contribution in [3.05, 3.63) is 40.3 Å². The predicted octanol–water partition coefficient (Wildman–Crippen LogP) is 4.10. The molecule has 0 amide bonds. The second-order valence-corrected chi connectivity index (χ2v) is 4.61. The van der Waals surface area contributed by atoms with E-state index in [1.54, 1.807) is 25.3 Å². The van der Waals surface area contributed by atoms with Crippen molar-refractivity contribution in [3.63, 3.8) is 0 Å². The van der Waals surface area contributed by atoms with Gasteiger partial charge >= 0.3 is 0 Å². The van der Waals surface area contributed by atoms with Crippen LogP contribution in [-0.4, -0.2) is 17.1 Å². The highest BCUT2D eigenvalue weighted by Crippen LogP contribution is 2.32. The lowest BCUT2D eigenvalue weighted by Crippen LogP contribution is -2.02. The molecule has 0 atom stereocenters.